The number of carbonyl (C=O) groups excluding carboxylic acids is 1. The fourth-order valence-corrected chi connectivity index (χ4v) is 2.89. The highest BCUT2D eigenvalue weighted by atomic mass is 16.1. The van der Waals surface area contributed by atoms with Gasteiger partial charge in [-0.25, -0.2) is 0 Å². The van der Waals surface area contributed by atoms with Gasteiger partial charge in [0, 0.05) is 19.1 Å². The second-order valence-electron chi connectivity index (χ2n) is 6.37. The summed E-state index contributed by atoms with van der Waals surface area (Å²) in [5.41, 5.74) is 5.01. The van der Waals surface area contributed by atoms with E-state index in [-0.39, 0.29) is 5.91 Å². The molecule has 2 unspecified atom stereocenters. The Morgan fingerprint density at radius 2 is 2.05 bits per heavy atom. The number of hydrogen-bond donors (Lipinski definition) is 2. The average Bonchev–Trinajstić information content (AvgIpc) is 2.61. The number of nitrogens with zero attached hydrogens (tertiary/aromatic N) is 2. The Bertz CT molecular complexity index is 310. The van der Waals surface area contributed by atoms with Crippen LogP contribution in [0.25, 0.3) is 0 Å². The maximum Gasteiger partial charge on any atom is 0.237 e. The third-order valence-electron chi connectivity index (χ3n) is 4.39. The van der Waals surface area contributed by atoms with Gasteiger partial charge in [-0.05, 0) is 59.8 Å². The van der Waals surface area contributed by atoms with Gasteiger partial charge in [0.05, 0.1) is 5.54 Å². The Morgan fingerprint density at radius 1 is 1.35 bits per heavy atom. The summed E-state index contributed by atoms with van der Waals surface area (Å²) in [5.74, 6) is -0.246. The third kappa shape index (κ3) is 5.04. The highest BCUT2D eigenvalue weighted by molar-refractivity contribution is 5.84. The van der Waals surface area contributed by atoms with Crippen molar-refractivity contribution >= 4 is 5.91 Å². The van der Waals surface area contributed by atoms with Crippen molar-refractivity contribution in [1.82, 2.24) is 15.1 Å². The fraction of sp³-hybridized carbons (Fsp3) is 0.933. The second kappa shape index (κ2) is 7.96. The van der Waals surface area contributed by atoms with Crippen LogP contribution in [-0.4, -0.2) is 67.1 Å². The first-order chi connectivity index (χ1) is 9.39. The predicted molar refractivity (Wildman–Crippen MR) is 83.7 cm³/mol. The van der Waals surface area contributed by atoms with Gasteiger partial charge in [-0.15, -0.1) is 0 Å². The molecule has 1 saturated heterocycles. The van der Waals surface area contributed by atoms with Crippen LogP contribution in [0.3, 0.4) is 0 Å². The summed E-state index contributed by atoms with van der Waals surface area (Å²) in [7, 11) is 2.17. The molecule has 5 nitrogen and oxygen atoms in total. The van der Waals surface area contributed by atoms with Crippen LogP contribution in [-0.2, 0) is 4.79 Å². The van der Waals surface area contributed by atoms with Crippen molar-refractivity contribution in [2.24, 2.45) is 5.73 Å². The highest BCUT2D eigenvalue weighted by Gasteiger charge is 2.33. The minimum absolute atomic E-state index is 0.246. The molecular formula is C15H32N4O. The van der Waals surface area contributed by atoms with Crippen molar-refractivity contribution < 1.29 is 4.79 Å². The van der Waals surface area contributed by atoms with E-state index in [1.807, 2.05) is 6.92 Å². The summed E-state index contributed by atoms with van der Waals surface area (Å²) < 4.78 is 0. The number of hydrogen-bond acceptors (Lipinski definition) is 4. The Morgan fingerprint density at radius 3 is 2.65 bits per heavy atom. The number of primary amides is 1. The molecule has 0 aromatic rings. The molecule has 1 aliphatic rings. The van der Waals surface area contributed by atoms with Gasteiger partial charge in [0.15, 0.2) is 0 Å². The summed E-state index contributed by atoms with van der Waals surface area (Å²) in [5, 5.41) is 3.33. The highest BCUT2D eigenvalue weighted by Crippen LogP contribution is 2.18. The molecule has 5 heteroatoms. The van der Waals surface area contributed by atoms with Gasteiger partial charge in [0.2, 0.25) is 5.91 Å². The monoisotopic (exact) mass is 284 g/mol. The van der Waals surface area contributed by atoms with Crippen LogP contribution in [0.1, 0.15) is 40.0 Å². The van der Waals surface area contributed by atoms with Crippen molar-refractivity contribution in [3.8, 4) is 0 Å². The average molecular weight is 284 g/mol. The van der Waals surface area contributed by atoms with Crippen LogP contribution in [0.15, 0.2) is 0 Å². The Kier molecular flexibility index (Phi) is 6.92. The molecule has 1 amide bonds. The molecule has 2 atom stereocenters. The maximum atomic E-state index is 11.8. The summed E-state index contributed by atoms with van der Waals surface area (Å²) in [6.07, 6.45) is 2.97. The first-order valence-electron chi connectivity index (χ1n) is 7.86. The molecule has 1 aliphatic heterocycles. The van der Waals surface area contributed by atoms with Gasteiger partial charge in [-0.3, -0.25) is 9.69 Å². The molecule has 0 aromatic heterocycles. The summed E-state index contributed by atoms with van der Waals surface area (Å²) in [4.78, 5) is 16.7. The van der Waals surface area contributed by atoms with Gasteiger partial charge >= 0.3 is 0 Å². The topological polar surface area (TPSA) is 61.6 Å². The zero-order valence-electron chi connectivity index (χ0n) is 13.6. The second-order valence-corrected chi connectivity index (χ2v) is 6.37. The van der Waals surface area contributed by atoms with Crippen molar-refractivity contribution in [3.63, 3.8) is 0 Å². The standard InChI is InChI=1S/C15H32N4O/c1-5-7-17-15(3,14(16)20)12-13(2)19-9-6-8-18(4)10-11-19/h13,17H,5-12H2,1-4H3,(H2,16,20). The van der Waals surface area contributed by atoms with E-state index in [0.29, 0.717) is 6.04 Å². The molecule has 0 spiro atoms. The Hall–Kier alpha value is -0.650. The van der Waals surface area contributed by atoms with Crippen LogP contribution in [0, 0.1) is 0 Å². The first kappa shape index (κ1) is 17.4. The number of nitrogens with one attached hydrogen (secondary N) is 1. The minimum atomic E-state index is -0.604. The van der Waals surface area contributed by atoms with Crippen molar-refractivity contribution in [3.05, 3.63) is 0 Å². The molecule has 0 aliphatic carbocycles. The lowest BCUT2D eigenvalue weighted by Gasteiger charge is -2.35. The number of nitrogens with two attached hydrogens (primary N) is 1. The Balaban J connectivity index is 2.60. The van der Waals surface area contributed by atoms with Crippen LogP contribution in [0.4, 0.5) is 0 Å². The van der Waals surface area contributed by atoms with E-state index in [1.165, 1.54) is 6.42 Å². The van der Waals surface area contributed by atoms with E-state index >= 15 is 0 Å². The maximum absolute atomic E-state index is 11.8. The van der Waals surface area contributed by atoms with Gasteiger partial charge in [0.1, 0.15) is 0 Å². The minimum Gasteiger partial charge on any atom is -0.368 e. The lowest BCUT2D eigenvalue weighted by atomic mass is 9.91. The lowest BCUT2D eigenvalue weighted by molar-refractivity contribution is -0.124. The van der Waals surface area contributed by atoms with Crippen molar-refractivity contribution in [2.45, 2.75) is 51.6 Å². The van der Waals surface area contributed by atoms with Crippen molar-refractivity contribution in [1.29, 1.82) is 0 Å². The van der Waals surface area contributed by atoms with E-state index < -0.39 is 5.54 Å². The van der Waals surface area contributed by atoms with E-state index in [0.717, 1.165) is 45.6 Å². The predicted octanol–water partition coefficient (Wildman–Crippen LogP) is 0.646. The number of rotatable bonds is 7. The quantitative estimate of drug-likeness (QED) is 0.720. The van der Waals surface area contributed by atoms with E-state index in [9.17, 15) is 4.79 Å². The molecule has 1 fully saturated rings. The van der Waals surface area contributed by atoms with E-state index in [1.54, 1.807) is 0 Å². The third-order valence-corrected chi connectivity index (χ3v) is 4.39. The molecule has 0 radical (unpaired) electrons. The molecule has 20 heavy (non-hydrogen) atoms. The van der Waals surface area contributed by atoms with Crippen LogP contribution in [0.2, 0.25) is 0 Å². The molecule has 0 aromatic carbocycles. The number of likely N-dealkylation sites (N-methyl/N-ethyl adjacent to an activating group) is 1. The molecule has 0 saturated carbocycles. The largest absolute Gasteiger partial charge is 0.368 e. The lowest BCUT2D eigenvalue weighted by Crippen LogP contribution is -2.56. The molecule has 3 N–H and O–H groups in total. The summed E-state index contributed by atoms with van der Waals surface area (Å²) >= 11 is 0. The number of amides is 1. The molecule has 0 bridgehead atoms. The van der Waals surface area contributed by atoms with E-state index in [4.69, 9.17) is 5.73 Å². The zero-order valence-corrected chi connectivity index (χ0v) is 13.6. The zero-order chi connectivity index (χ0) is 15.2. The summed E-state index contributed by atoms with van der Waals surface area (Å²) in [6.45, 7) is 11.5. The fourth-order valence-electron chi connectivity index (χ4n) is 2.89. The molecule has 1 heterocycles. The van der Waals surface area contributed by atoms with Gasteiger partial charge in [-0.2, -0.15) is 0 Å². The smallest absolute Gasteiger partial charge is 0.237 e. The molecule has 118 valence electrons. The van der Waals surface area contributed by atoms with Gasteiger partial charge in [-0.1, -0.05) is 6.92 Å². The van der Waals surface area contributed by atoms with Crippen molar-refractivity contribution in [2.75, 3.05) is 39.8 Å². The van der Waals surface area contributed by atoms with Crippen LogP contribution >= 0.6 is 0 Å². The van der Waals surface area contributed by atoms with Crippen LogP contribution < -0.4 is 11.1 Å². The van der Waals surface area contributed by atoms with Crippen LogP contribution in [0.5, 0.6) is 0 Å². The number of carbonyl (C=O) groups is 1. The van der Waals surface area contributed by atoms with E-state index in [2.05, 4.69) is 36.0 Å². The molecule has 1 rings (SSSR count). The first-order valence-corrected chi connectivity index (χ1v) is 7.86. The summed E-state index contributed by atoms with van der Waals surface area (Å²) in [6, 6.07) is 0.364. The molecular weight excluding hydrogens is 252 g/mol. The Labute approximate surface area is 123 Å². The normalized spacial score (nSPS) is 23.0. The van der Waals surface area contributed by atoms with Gasteiger partial charge in [0.25, 0.3) is 0 Å². The van der Waals surface area contributed by atoms with Gasteiger partial charge < -0.3 is 16.0 Å². The SMILES string of the molecule is CCCNC(C)(CC(C)N1CCCN(C)CC1)C(N)=O.